The number of ketones is 1. The van der Waals surface area contributed by atoms with E-state index in [2.05, 4.69) is 26.7 Å². The lowest BCUT2D eigenvalue weighted by Crippen LogP contribution is -2.22. The number of Topliss-reactive ketones (excluding diaryl/α,β-unsaturated/α-hetero) is 1. The maximum Gasteiger partial charge on any atom is 0.253 e. The van der Waals surface area contributed by atoms with Gasteiger partial charge in [0, 0.05) is 36.9 Å². The van der Waals surface area contributed by atoms with Gasteiger partial charge in [0.15, 0.2) is 0 Å². The summed E-state index contributed by atoms with van der Waals surface area (Å²) in [6.07, 6.45) is 6.50. The monoisotopic (exact) mass is 385 g/mol. The van der Waals surface area contributed by atoms with Gasteiger partial charge >= 0.3 is 0 Å². The Morgan fingerprint density at radius 3 is 2.66 bits per heavy atom. The number of carbonyl (C=O) groups excluding carboxylic acids is 2. The molecule has 0 unspecified atom stereocenters. The summed E-state index contributed by atoms with van der Waals surface area (Å²) < 4.78 is 0. The van der Waals surface area contributed by atoms with Crippen molar-refractivity contribution in [3.63, 3.8) is 0 Å². The highest BCUT2D eigenvalue weighted by atomic mass is 16.1. The molecule has 0 saturated carbocycles. The minimum absolute atomic E-state index is 0.0109. The third-order valence-corrected chi connectivity index (χ3v) is 4.17. The van der Waals surface area contributed by atoms with E-state index in [1.54, 1.807) is 42.9 Å². The predicted octanol–water partition coefficient (Wildman–Crippen LogP) is 2.95. The number of aromatic nitrogens is 2. The first-order valence-electron chi connectivity index (χ1n) is 8.97. The molecule has 0 spiro atoms. The molecule has 1 aromatic carbocycles. The van der Waals surface area contributed by atoms with Crippen LogP contribution in [0.2, 0.25) is 0 Å². The van der Waals surface area contributed by atoms with Crippen LogP contribution in [0.25, 0.3) is 11.1 Å². The minimum Gasteiger partial charge on any atom is -0.377 e. The molecule has 0 aliphatic heterocycles. The number of anilines is 1. The summed E-state index contributed by atoms with van der Waals surface area (Å²) in [5.41, 5.74) is 4.02. The molecular weight excluding hydrogens is 366 g/mol. The van der Waals surface area contributed by atoms with Gasteiger partial charge in [-0.1, -0.05) is 6.07 Å². The van der Waals surface area contributed by atoms with Gasteiger partial charge in [-0.2, -0.15) is 5.26 Å². The number of benzene rings is 1. The van der Waals surface area contributed by atoms with Crippen LogP contribution in [0.4, 0.5) is 5.69 Å². The van der Waals surface area contributed by atoms with E-state index in [1.807, 2.05) is 12.1 Å². The highest BCUT2D eigenvalue weighted by Gasteiger charge is 2.08. The van der Waals surface area contributed by atoms with Gasteiger partial charge in [-0.3, -0.25) is 19.6 Å². The van der Waals surface area contributed by atoms with E-state index in [1.165, 1.54) is 13.1 Å². The summed E-state index contributed by atoms with van der Waals surface area (Å²) in [7, 11) is 0. The highest BCUT2D eigenvalue weighted by molar-refractivity contribution is 5.93. The topological polar surface area (TPSA) is 108 Å². The van der Waals surface area contributed by atoms with Crippen molar-refractivity contribution < 1.29 is 9.59 Å². The fourth-order valence-electron chi connectivity index (χ4n) is 2.71. The summed E-state index contributed by atoms with van der Waals surface area (Å²) in [5, 5.41) is 15.2. The van der Waals surface area contributed by atoms with Crippen LogP contribution in [0, 0.1) is 11.3 Å². The van der Waals surface area contributed by atoms with E-state index in [9.17, 15) is 14.9 Å². The van der Waals surface area contributed by atoms with Crippen molar-refractivity contribution in [3.05, 3.63) is 77.9 Å². The molecule has 3 rings (SSSR count). The number of hydrogen-bond acceptors (Lipinski definition) is 6. The van der Waals surface area contributed by atoms with Gasteiger partial charge in [0.25, 0.3) is 5.91 Å². The standard InChI is InChI=1S/C22H19N5O2/c1-15(28)10-26-21-5-4-17(8-19(21)9-23)20-7-16(11-25-14-20)12-27-22(29)18-3-2-6-24-13-18/h2-8,11,13-14,26H,10,12H2,1H3,(H,27,29). The SMILES string of the molecule is CC(=O)CNc1ccc(-c2cncc(CNC(=O)c3cccnc3)c2)cc1C#N. The Morgan fingerprint density at radius 1 is 1.07 bits per heavy atom. The maximum atomic E-state index is 12.2. The molecular formula is C22H19N5O2. The molecule has 0 radical (unpaired) electrons. The summed E-state index contributed by atoms with van der Waals surface area (Å²) in [6, 6.07) is 12.8. The van der Waals surface area contributed by atoms with Crippen molar-refractivity contribution >= 4 is 17.4 Å². The van der Waals surface area contributed by atoms with Gasteiger partial charge < -0.3 is 10.6 Å². The molecule has 2 N–H and O–H groups in total. The summed E-state index contributed by atoms with van der Waals surface area (Å²) in [6.45, 7) is 1.97. The van der Waals surface area contributed by atoms with Crippen molar-refractivity contribution in [1.82, 2.24) is 15.3 Å². The number of nitriles is 1. The van der Waals surface area contributed by atoms with E-state index in [0.717, 1.165) is 16.7 Å². The molecule has 0 aliphatic rings. The van der Waals surface area contributed by atoms with Gasteiger partial charge in [-0.05, 0) is 48.4 Å². The Morgan fingerprint density at radius 2 is 1.93 bits per heavy atom. The predicted molar refractivity (Wildman–Crippen MR) is 109 cm³/mol. The molecule has 0 aliphatic carbocycles. The lowest BCUT2D eigenvalue weighted by atomic mass is 10.0. The van der Waals surface area contributed by atoms with Crippen LogP contribution < -0.4 is 10.6 Å². The Kier molecular flexibility index (Phi) is 6.28. The Labute approximate surface area is 168 Å². The summed E-state index contributed by atoms with van der Waals surface area (Å²) >= 11 is 0. The molecule has 29 heavy (non-hydrogen) atoms. The molecule has 1 amide bonds. The number of hydrogen-bond donors (Lipinski definition) is 2. The molecule has 0 atom stereocenters. The fraction of sp³-hybridized carbons (Fsp3) is 0.136. The van der Waals surface area contributed by atoms with Gasteiger partial charge in [0.2, 0.25) is 0 Å². The average Bonchev–Trinajstić information content (AvgIpc) is 2.76. The number of amides is 1. The van der Waals surface area contributed by atoms with Gasteiger partial charge in [0.1, 0.15) is 11.9 Å². The summed E-state index contributed by atoms with van der Waals surface area (Å²) in [5.74, 6) is -0.223. The van der Waals surface area contributed by atoms with Crippen LogP contribution in [-0.2, 0) is 11.3 Å². The van der Waals surface area contributed by atoms with E-state index in [-0.39, 0.29) is 18.2 Å². The Balaban J connectivity index is 1.74. The first kappa shape index (κ1) is 19.7. The molecule has 7 heteroatoms. The van der Waals surface area contributed by atoms with Crippen LogP contribution >= 0.6 is 0 Å². The smallest absolute Gasteiger partial charge is 0.253 e. The third kappa shape index (κ3) is 5.23. The van der Waals surface area contributed by atoms with Crippen LogP contribution in [0.5, 0.6) is 0 Å². The van der Waals surface area contributed by atoms with E-state index >= 15 is 0 Å². The van der Waals surface area contributed by atoms with Gasteiger partial charge in [-0.15, -0.1) is 0 Å². The van der Waals surface area contributed by atoms with Crippen molar-refractivity contribution in [2.24, 2.45) is 0 Å². The molecule has 0 saturated heterocycles. The number of carbonyl (C=O) groups is 2. The zero-order valence-electron chi connectivity index (χ0n) is 15.8. The van der Waals surface area contributed by atoms with Crippen LogP contribution in [0.1, 0.15) is 28.4 Å². The molecule has 2 heterocycles. The summed E-state index contributed by atoms with van der Waals surface area (Å²) in [4.78, 5) is 31.5. The molecule has 0 fully saturated rings. The van der Waals surface area contributed by atoms with E-state index < -0.39 is 0 Å². The number of pyridine rings is 2. The van der Waals surface area contributed by atoms with E-state index in [0.29, 0.717) is 23.4 Å². The molecule has 3 aromatic rings. The largest absolute Gasteiger partial charge is 0.377 e. The van der Waals surface area contributed by atoms with Gasteiger partial charge in [0.05, 0.1) is 23.4 Å². The number of rotatable bonds is 7. The zero-order chi connectivity index (χ0) is 20.6. The Bertz CT molecular complexity index is 1070. The van der Waals surface area contributed by atoms with Gasteiger partial charge in [-0.25, -0.2) is 0 Å². The lowest BCUT2D eigenvalue weighted by Gasteiger charge is -2.10. The normalized spacial score (nSPS) is 10.1. The van der Waals surface area contributed by atoms with Crippen LogP contribution in [0.3, 0.4) is 0 Å². The lowest BCUT2D eigenvalue weighted by molar-refractivity contribution is -0.115. The van der Waals surface area contributed by atoms with Crippen molar-refractivity contribution in [2.75, 3.05) is 11.9 Å². The number of nitrogens with zero attached hydrogens (tertiary/aromatic N) is 3. The Hall–Kier alpha value is -4.05. The van der Waals surface area contributed by atoms with Crippen molar-refractivity contribution in [3.8, 4) is 17.2 Å². The first-order chi connectivity index (χ1) is 14.1. The zero-order valence-corrected chi connectivity index (χ0v) is 15.8. The quantitative estimate of drug-likeness (QED) is 0.647. The second-order valence-electron chi connectivity index (χ2n) is 6.43. The second-order valence-corrected chi connectivity index (χ2v) is 6.43. The first-order valence-corrected chi connectivity index (χ1v) is 8.97. The molecule has 0 bridgehead atoms. The van der Waals surface area contributed by atoms with Crippen LogP contribution in [0.15, 0.2) is 61.2 Å². The maximum absolute atomic E-state index is 12.2. The fourth-order valence-corrected chi connectivity index (χ4v) is 2.71. The van der Waals surface area contributed by atoms with E-state index in [4.69, 9.17) is 0 Å². The third-order valence-electron chi connectivity index (χ3n) is 4.17. The molecule has 2 aromatic heterocycles. The average molecular weight is 385 g/mol. The minimum atomic E-state index is -0.212. The van der Waals surface area contributed by atoms with Crippen LogP contribution in [-0.4, -0.2) is 28.2 Å². The number of nitrogens with one attached hydrogen (secondary N) is 2. The highest BCUT2D eigenvalue weighted by Crippen LogP contribution is 2.25. The van der Waals surface area contributed by atoms with Crippen molar-refractivity contribution in [1.29, 1.82) is 5.26 Å². The molecule has 144 valence electrons. The molecule has 7 nitrogen and oxygen atoms in total. The van der Waals surface area contributed by atoms with Crippen molar-refractivity contribution in [2.45, 2.75) is 13.5 Å². The second kappa shape index (κ2) is 9.24.